The molecule has 2 heteroatoms. The lowest BCUT2D eigenvalue weighted by Crippen LogP contribution is -1.93. The van der Waals surface area contributed by atoms with Gasteiger partial charge in [0, 0.05) is 18.2 Å². The molecule has 0 spiro atoms. The fourth-order valence-electron chi connectivity index (χ4n) is 2.79. The van der Waals surface area contributed by atoms with E-state index in [9.17, 15) is 0 Å². The molecule has 0 aliphatic heterocycles. The maximum atomic E-state index is 4.57. The van der Waals surface area contributed by atoms with Gasteiger partial charge in [0.1, 0.15) is 5.82 Å². The second-order valence-corrected chi connectivity index (χ2v) is 4.94. The number of hydrogen-bond acceptors (Lipinski definition) is 2. The number of hydrogen-bond donors (Lipinski definition) is 0. The molecule has 86 valence electrons. The van der Waals surface area contributed by atoms with E-state index in [4.69, 9.17) is 0 Å². The van der Waals surface area contributed by atoms with Crippen molar-refractivity contribution in [2.45, 2.75) is 34.1 Å². The molecule has 2 nitrogen and oxygen atoms in total. The van der Waals surface area contributed by atoms with Crippen molar-refractivity contribution in [1.82, 2.24) is 9.97 Å². The van der Waals surface area contributed by atoms with Gasteiger partial charge in [-0.3, -0.25) is 0 Å². The van der Waals surface area contributed by atoms with E-state index in [0.29, 0.717) is 0 Å². The van der Waals surface area contributed by atoms with Crippen LogP contribution in [0.15, 0.2) is 12.3 Å². The van der Waals surface area contributed by atoms with E-state index in [-0.39, 0.29) is 0 Å². The predicted molar refractivity (Wildman–Crippen MR) is 69.2 cm³/mol. The first-order chi connectivity index (χ1) is 8.08. The first kappa shape index (κ1) is 10.5. The molecule has 1 heterocycles. The van der Waals surface area contributed by atoms with E-state index in [1.807, 2.05) is 13.1 Å². The fraction of sp³-hybridized carbons (Fsp3) is 0.333. The highest BCUT2D eigenvalue weighted by Gasteiger charge is 2.24. The third-order valence-corrected chi connectivity index (χ3v) is 3.78. The summed E-state index contributed by atoms with van der Waals surface area (Å²) in [6, 6.07) is 2.27. The first-order valence-electron chi connectivity index (χ1n) is 6.00. The SMILES string of the molecule is Cc1ncc2c(n1)Cc1c(C)c(C)cc(C)c1-2. The Morgan fingerprint density at radius 2 is 1.82 bits per heavy atom. The van der Waals surface area contributed by atoms with Gasteiger partial charge in [-0.05, 0) is 55.5 Å². The Hall–Kier alpha value is -1.70. The molecule has 0 amide bonds. The topological polar surface area (TPSA) is 25.8 Å². The molecule has 0 bridgehead atoms. The normalized spacial score (nSPS) is 12.5. The number of aryl methyl sites for hydroxylation is 3. The van der Waals surface area contributed by atoms with Crippen LogP contribution in [0.4, 0.5) is 0 Å². The minimum absolute atomic E-state index is 0.864. The number of fused-ring (bicyclic) bond motifs is 3. The minimum atomic E-state index is 0.864. The lowest BCUT2D eigenvalue weighted by Gasteiger charge is -2.11. The largest absolute Gasteiger partial charge is 0.241 e. The highest BCUT2D eigenvalue weighted by molar-refractivity contribution is 5.79. The van der Waals surface area contributed by atoms with E-state index >= 15 is 0 Å². The molecule has 1 aromatic carbocycles. The minimum Gasteiger partial charge on any atom is -0.241 e. The lowest BCUT2D eigenvalue weighted by molar-refractivity contribution is 0.991. The van der Waals surface area contributed by atoms with Gasteiger partial charge in [-0.2, -0.15) is 0 Å². The zero-order valence-electron chi connectivity index (χ0n) is 10.8. The molecule has 0 atom stereocenters. The van der Waals surface area contributed by atoms with Crippen molar-refractivity contribution in [2.75, 3.05) is 0 Å². The summed E-state index contributed by atoms with van der Waals surface area (Å²) in [5.41, 5.74) is 9.34. The molecule has 17 heavy (non-hydrogen) atoms. The van der Waals surface area contributed by atoms with Crippen LogP contribution in [0.2, 0.25) is 0 Å². The maximum Gasteiger partial charge on any atom is 0.125 e. The Morgan fingerprint density at radius 3 is 2.59 bits per heavy atom. The van der Waals surface area contributed by atoms with Crippen LogP contribution in [-0.4, -0.2) is 9.97 Å². The average Bonchev–Trinajstić information content (AvgIpc) is 2.64. The van der Waals surface area contributed by atoms with Gasteiger partial charge in [-0.15, -0.1) is 0 Å². The molecule has 3 rings (SSSR count). The molecule has 0 unspecified atom stereocenters. The fourth-order valence-corrected chi connectivity index (χ4v) is 2.79. The molecule has 0 fully saturated rings. The summed E-state index contributed by atoms with van der Waals surface area (Å²) in [6.45, 7) is 8.52. The summed E-state index contributed by atoms with van der Waals surface area (Å²) in [5, 5.41) is 0. The van der Waals surface area contributed by atoms with Crippen molar-refractivity contribution in [3.8, 4) is 11.1 Å². The van der Waals surface area contributed by atoms with Gasteiger partial charge in [0.25, 0.3) is 0 Å². The van der Waals surface area contributed by atoms with Crippen LogP contribution in [-0.2, 0) is 6.42 Å². The van der Waals surface area contributed by atoms with E-state index in [1.54, 1.807) is 0 Å². The van der Waals surface area contributed by atoms with Gasteiger partial charge in [-0.25, -0.2) is 9.97 Å². The molecule has 0 N–H and O–H groups in total. The summed E-state index contributed by atoms with van der Waals surface area (Å²) in [6.07, 6.45) is 2.94. The monoisotopic (exact) mass is 224 g/mol. The van der Waals surface area contributed by atoms with E-state index in [2.05, 4.69) is 36.8 Å². The zero-order valence-corrected chi connectivity index (χ0v) is 10.8. The Morgan fingerprint density at radius 1 is 1.06 bits per heavy atom. The quantitative estimate of drug-likeness (QED) is 0.585. The van der Waals surface area contributed by atoms with Crippen LogP contribution in [0, 0.1) is 27.7 Å². The molecular formula is C15H16N2. The van der Waals surface area contributed by atoms with Crippen LogP contribution in [0.3, 0.4) is 0 Å². The van der Waals surface area contributed by atoms with Crippen molar-refractivity contribution in [3.05, 3.63) is 46.0 Å². The molecule has 1 aliphatic rings. The smallest absolute Gasteiger partial charge is 0.125 e. The van der Waals surface area contributed by atoms with Crippen LogP contribution in [0.25, 0.3) is 11.1 Å². The molecule has 0 radical (unpaired) electrons. The van der Waals surface area contributed by atoms with Crippen molar-refractivity contribution in [1.29, 1.82) is 0 Å². The third kappa shape index (κ3) is 1.40. The molecular weight excluding hydrogens is 208 g/mol. The summed E-state index contributed by atoms with van der Waals surface area (Å²) >= 11 is 0. The van der Waals surface area contributed by atoms with Crippen LogP contribution >= 0.6 is 0 Å². The zero-order chi connectivity index (χ0) is 12.2. The second-order valence-electron chi connectivity index (χ2n) is 4.94. The number of aromatic nitrogens is 2. The van der Waals surface area contributed by atoms with Crippen molar-refractivity contribution >= 4 is 0 Å². The Labute approximate surface area is 102 Å². The van der Waals surface area contributed by atoms with Gasteiger partial charge in [0.2, 0.25) is 0 Å². The molecule has 0 saturated carbocycles. The van der Waals surface area contributed by atoms with Crippen LogP contribution in [0.1, 0.15) is 33.8 Å². The van der Waals surface area contributed by atoms with Crippen molar-refractivity contribution in [3.63, 3.8) is 0 Å². The van der Waals surface area contributed by atoms with Crippen LogP contribution in [0.5, 0.6) is 0 Å². The van der Waals surface area contributed by atoms with E-state index in [0.717, 1.165) is 12.2 Å². The van der Waals surface area contributed by atoms with Gasteiger partial charge in [-0.1, -0.05) is 6.07 Å². The van der Waals surface area contributed by atoms with E-state index in [1.165, 1.54) is 39.1 Å². The standard InChI is InChI=1S/C15H16N2/c1-8-5-9(2)15-12(10(8)3)6-14-13(15)7-16-11(4)17-14/h5,7H,6H2,1-4H3. The predicted octanol–water partition coefficient (Wildman–Crippen LogP) is 3.28. The summed E-state index contributed by atoms with van der Waals surface area (Å²) in [4.78, 5) is 8.90. The molecule has 0 saturated heterocycles. The van der Waals surface area contributed by atoms with E-state index < -0.39 is 0 Å². The Kier molecular flexibility index (Phi) is 2.09. The highest BCUT2D eigenvalue weighted by atomic mass is 14.9. The molecule has 2 aromatic rings. The van der Waals surface area contributed by atoms with Gasteiger partial charge in [0.05, 0.1) is 5.69 Å². The Balaban J connectivity index is 2.34. The summed E-state index contributed by atoms with van der Waals surface area (Å²) < 4.78 is 0. The summed E-state index contributed by atoms with van der Waals surface area (Å²) in [7, 11) is 0. The van der Waals surface area contributed by atoms with Crippen LogP contribution < -0.4 is 0 Å². The number of rotatable bonds is 0. The highest BCUT2D eigenvalue weighted by Crippen LogP contribution is 2.40. The summed E-state index contributed by atoms with van der Waals surface area (Å²) in [5.74, 6) is 0.864. The molecule has 1 aliphatic carbocycles. The first-order valence-corrected chi connectivity index (χ1v) is 6.00. The third-order valence-electron chi connectivity index (χ3n) is 3.78. The van der Waals surface area contributed by atoms with Gasteiger partial charge >= 0.3 is 0 Å². The number of nitrogens with zero attached hydrogens (tertiary/aromatic N) is 2. The maximum absolute atomic E-state index is 4.57. The average molecular weight is 224 g/mol. The number of benzene rings is 1. The van der Waals surface area contributed by atoms with Gasteiger partial charge in [0.15, 0.2) is 0 Å². The Bertz CT molecular complexity index is 627. The lowest BCUT2D eigenvalue weighted by atomic mass is 9.94. The molecule has 1 aromatic heterocycles. The van der Waals surface area contributed by atoms with Crippen molar-refractivity contribution < 1.29 is 0 Å². The van der Waals surface area contributed by atoms with Crippen molar-refractivity contribution in [2.24, 2.45) is 0 Å². The second kappa shape index (κ2) is 3.39. The van der Waals surface area contributed by atoms with Gasteiger partial charge < -0.3 is 0 Å².